The van der Waals surface area contributed by atoms with E-state index in [1.165, 1.54) is 12.1 Å². The number of non-ortho nitro benzene ring substituents is 1. The van der Waals surface area contributed by atoms with E-state index in [1.54, 1.807) is 48.5 Å². The van der Waals surface area contributed by atoms with E-state index in [-0.39, 0.29) is 11.5 Å². The highest BCUT2D eigenvalue weighted by Crippen LogP contribution is 2.27. The molecule has 0 saturated carbocycles. The van der Waals surface area contributed by atoms with E-state index in [1.807, 2.05) is 12.1 Å². The smallest absolute Gasteiger partial charge is 0.270 e. The van der Waals surface area contributed by atoms with Gasteiger partial charge in [-0.3, -0.25) is 20.3 Å². The Hall–Kier alpha value is -3.80. The summed E-state index contributed by atoms with van der Waals surface area (Å²) in [7, 11) is 0. The molecule has 6 nitrogen and oxygen atoms in total. The van der Waals surface area contributed by atoms with Crippen LogP contribution in [0.2, 0.25) is 0 Å². The molecule has 0 radical (unpaired) electrons. The van der Waals surface area contributed by atoms with Gasteiger partial charge in [0.1, 0.15) is 0 Å². The molecule has 3 aromatic carbocycles. The molecule has 126 valence electrons. The number of carbonyl (C=O) groups excluding carboxylic acids is 1. The van der Waals surface area contributed by atoms with Crippen LogP contribution in [0.25, 0.3) is 0 Å². The van der Waals surface area contributed by atoms with Crippen LogP contribution >= 0.6 is 0 Å². The third kappa shape index (κ3) is 2.63. The topological polar surface area (TPSA) is 84.6 Å². The predicted octanol–water partition coefficient (Wildman–Crippen LogP) is 4.00. The van der Waals surface area contributed by atoms with Gasteiger partial charge in [0.05, 0.1) is 16.3 Å². The van der Waals surface area contributed by atoms with E-state index >= 15 is 0 Å². The number of anilines is 1. The van der Waals surface area contributed by atoms with Gasteiger partial charge in [-0.1, -0.05) is 48.5 Å². The number of hydrogen-bond donors (Lipinski definition) is 1. The number of benzene rings is 3. The van der Waals surface area contributed by atoms with Gasteiger partial charge in [-0.05, 0) is 12.1 Å². The van der Waals surface area contributed by atoms with Gasteiger partial charge in [-0.2, -0.15) is 5.10 Å². The maximum absolute atomic E-state index is 13.0. The molecule has 26 heavy (non-hydrogen) atoms. The molecule has 0 amide bonds. The molecule has 0 fully saturated rings. The van der Waals surface area contributed by atoms with Gasteiger partial charge in [0, 0.05) is 34.4 Å². The number of nitrogens with one attached hydrogen (secondary N) is 1. The monoisotopic (exact) mass is 343 g/mol. The summed E-state index contributed by atoms with van der Waals surface area (Å²) in [5, 5.41) is 15.6. The number of hydrogen-bond acceptors (Lipinski definition) is 5. The molecule has 0 atom stereocenters. The predicted molar refractivity (Wildman–Crippen MR) is 98.7 cm³/mol. The second kappa shape index (κ2) is 6.25. The van der Waals surface area contributed by atoms with Crippen LogP contribution in [0.3, 0.4) is 0 Å². The molecule has 1 aliphatic rings. The van der Waals surface area contributed by atoms with Crippen LogP contribution < -0.4 is 5.43 Å². The standard InChI is InChI=1S/C20H13N3O3/c24-20-16-9-2-1-8-15(16)19(13-6-5-7-14(12-13)23(25)26)22-21-18-11-4-3-10-17(18)20/h1-12,21H/b22-19-. The first-order chi connectivity index (χ1) is 12.6. The Morgan fingerprint density at radius 3 is 2.31 bits per heavy atom. The van der Waals surface area contributed by atoms with Crippen LogP contribution in [0.4, 0.5) is 11.4 Å². The summed E-state index contributed by atoms with van der Waals surface area (Å²) < 4.78 is 0. The van der Waals surface area contributed by atoms with Crippen molar-refractivity contribution in [1.82, 2.24) is 0 Å². The average Bonchev–Trinajstić information content (AvgIpc) is 2.67. The number of nitro groups is 1. The number of ketones is 1. The van der Waals surface area contributed by atoms with Crippen molar-refractivity contribution in [3.8, 4) is 0 Å². The number of para-hydroxylation sites is 1. The Balaban J connectivity index is 1.96. The van der Waals surface area contributed by atoms with Crippen molar-refractivity contribution in [3.05, 3.63) is 105 Å². The van der Waals surface area contributed by atoms with Crippen LogP contribution in [-0.2, 0) is 0 Å². The normalized spacial score (nSPS) is 14.8. The Kier molecular flexibility index (Phi) is 3.78. The molecule has 1 N–H and O–H groups in total. The molecule has 4 rings (SSSR count). The molecular formula is C20H13N3O3. The zero-order chi connectivity index (χ0) is 18.1. The summed E-state index contributed by atoms with van der Waals surface area (Å²) in [6.45, 7) is 0. The molecule has 0 saturated heterocycles. The van der Waals surface area contributed by atoms with Gasteiger partial charge in [-0.25, -0.2) is 0 Å². The second-order valence-electron chi connectivity index (χ2n) is 5.80. The van der Waals surface area contributed by atoms with Gasteiger partial charge in [-0.15, -0.1) is 0 Å². The van der Waals surface area contributed by atoms with Crippen molar-refractivity contribution in [2.45, 2.75) is 0 Å². The van der Waals surface area contributed by atoms with E-state index in [0.717, 1.165) is 0 Å². The van der Waals surface area contributed by atoms with Gasteiger partial charge in [0.2, 0.25) is 0 Å². The van der Waals surface area contributed by atoms with Crippen molar-refractivity contribution in [1.29, 1.82) is 0 Å². The molecule has 1 aliphatic heterocycles. The van der Waals surface area contributed by atoms with Crippen LogP contribution in [0.5, 0.6) is 0 Å². The quantitative estimate of drug-likeness (QED) is 0.563. The summed E-state index contributed by atoms with van der Waals surface area (Å²) in [6, 6.07) is 20.5. The summed E-state index contributed by atoms with van der Waals surface area (Å²) in [4.78, 5) is 23.7. The van der Waals surface area contributed by atoms with Crippen LogP contribution in [-0.4, -0.2) is 16.4 Å². The Morgan fingerprint density at radius 1 is 0.846 bits per heavy atom. The van der Waals surface area contributed by atoms with Crippen molar-refractivity contribution < 1.29 is 9.72 Å². The zero-order valence-corrected chi connectivity index (χ0v) is 13.5. The van der Waals surface area contributed by atoms with E-state index in [4.69, 9.17) is 0 Å². The highest BCUT2D eigenvalue weighted by molar-refractivity contribution is 6.23. The van der Waals surface area contributed by atoms with Gasteiger partial charge in [0.25, 0.3) is 5.69 Å². The Bertz CT molecular complexity index is 1070. The largest absolute Gasteiger partial charge is 0.289 e. The van der Waals surface area contributed by atoms with Crippen molar-refractivity contribution in [2.75, 3.05) is 5.43 Å². The maximum atomic E-state index is 13.0. The number of fused-ring (bicyclic) bond motifs is 2. The zero-order valence-electron chi connectivity index (χ0n) is 13.5. The molecule has 0 aliphatic carbocycles. The van der Waals surface area contributed by atoms with Crippen molar-refractivity contribution in [3.63, 3.8) is 0 Å². The molecule has 6 heteroatoms. The fourth-order valence-corrected chi connectivity index (χ4v) is 2.97. The summed E-state index contributed by atoms with van der Waals surface area (Å²) in [5.74, 6) is -0.124. The van der Waals surface area contributed by atoms with E-state index in [0.29, 0.717) is 33.7 Å². The Labute approximate surface area is 148 Å². The number of carbonyl (C=O) groups is 1. The third-order valence-electron chi connectivity index (χ3n) is 4.22. The lowest BCUT2D eigenvalue weighted by Crippen LogP contribution is -2.17. The van der Waals surface area contributed by atoms with E-state index in [2.05, 4.69) is 10.5 Å². The van der Waals surface area contributed by atoms with Crippen LogP contribution in [0.15, 0.2) is 77.9 Å². The lowest BCUT2D eigenvalue weighted by Gasteiger charge is -2.17. The maximum Gasteiger partial charge on any atom is 0.270 e. The lowest BCUT2D eigenvalue weighted by molar-refractivity contribution is -0.384. The van der Waals surface area contributed by atoms with Crippen molar-refractivity contribution >= 4 is 22.9 Å². The fourth-order valence-electron chi connectivity index (χ4n) is 2.97. The molecule has 3 aromatic rings. The molecular weight excluding hydrogens is 330 g/mol. The summed E-state index contributed by atoms with van der Waals surface area (Å²) in [6.07, 6.45) is 0. The lowest BCUT2D eigenvalue weighted by atomic mass is 9.91. The summed E-state index contributed by atoms with van der Waals surface area (Å²) >= 11 is 0. The molecule has 0 bridgehead atoms. The first-order valence-corrected chi connectivity index (χ1v) is 7.97. The average molecular weight is 343 g/mol. The van der Waals surface area contributed by atoms with Crippen LogP contribution in [0, 0.1) is 10.1 Å². The van der Waals surface area contributed by atoms with E-state index in [9.17, 15) is 14.9 Å². The molecule has 0 aromatic heterocycles. The number of hydrazone groups is 1. The minimum absolute atomic E-state index is 0.0310. The number of nitro benzene ring substituents is 1. The minimum Gasteiger partial charge on any atom is -0.289 e. The highest BCUT2D eigenvalue weighted by atomic mass is 16.6. The Morgan fingerprint density at radius 2 is 1.54 bits per heavy atom. The van der Waals surface area contributed by atoms with Crippen LogP contribution in [0.1, 0.15) is 27.0 Å². The molecule has 0 spiro atoms. The summed E-state index contributed by atoms with van der Waals surface area (Å²) in [5.41, 5.74) is 6.19. The first kappa shape index (κ1) is 15.7. The third-order valence-corrected chi connectivity index (χ3v) is 4.22. The minimum atomic E-state index is -0.452. The van der Waals surface area contributed by atoms with Gasteiger partial charge < -0.3 is 0 Å². The van der Waals surface area contributed by atoms with E-state index < -0.39 is 4.92 Å². The first-order valence-electron chi connectivity index (χ1n) is 7.97. The number of nitrogens with zero attached hydrogens (tertiary/aromatic N) is 2. The molecule has 1 heterocycles. The van der Waals surface area contributed by atoms with Gasteiger partial charge >= 0.3 is 0 Å². The SMILES string of the molecule is O=C1c2ccccc2N/N=C(/c2cccc([N+](=O)[O-])c2)c2ccccc21. The highest BCUT2D eigenvalue weighted by Gasteiger charge is 2.23. The second-order valence-corrected chi connectivity index (χ2v) is 5.80. The number of rotatable bonds is 2. The van der Waals surface area contributed by atoms with Gasteiger partial charge in [0.15, 0.2) is 5.78 Å². The molecule has 0 unspecified atom stereocenters. The van der Waals surface area contributed by atoms with Crippen molar-refractivity contribution in [2.24, 2.45) is 5.10 Å². The fraction of sp³-hybridized carbons (Fsp3) is 0.